The summed E-state index contributed by atoms with van der Waals surface area (Å²) in [4.78, 5) is 26.4. The number of methoxy groups -OCH3 is 1. The van der Waals surface area contributed by atoms with E-state index in [2.05, 4.69) is 15.0 Å². The number of carbonyl (C=O) groups is 2. The second-order valence-electron chi connectivity index (χ2n) is 9.57. The normalized spacial score (nSPS) is 15.9. The van der Waals surface area contributed by atoms with Gasteiger partial charge >= 0.3 is 5.97 Å². The number of likely N-dealkylation sites (tertiary alicyclic amines) is 1. The van der Waals surface area contributed by atoms with Crippen molar-refractivity contribution in [2.45, 2.75) is 32.4 Å². The molecule has 0 saturated carbocycles. The number of aliphatic hydroxyl groups is 1. The maximum Gasteiger partial charge on any atom is 0.320 e. The molecule has 0 unspecified atom stereocenters. The van der Waals surface area contributed by atoms with E-state index in [1.807, 2.05) is 36.4 Å². The molecular weight excluding hydrogens is 451 g/mol. The average molecular weight is 487 g/mol. The minimum Gasteiger partial charge on any atom is -0.493 e. The first-order valence-electron chi connectivity index (χ1n) is 11.9. The van der Waals surface area contributed by atoms with Crippen molar-refractivity contribution < 1.29 is 28.6 Å². The van der Waals surface area contributed by atoms with E-state index < -0.39 is 30.1 Å². The van der Waals surface area contributed by atoms with Crippen molar-refractivity contribution in [2.24, 2.45) is 11.8 Å². The number of benzene rings is 2. The van der Waals surface area contributed by atoms with Gasteiger partial charge in [-0.2, -0.15) is 0 Å². The lowest BCUT2D eigenvalue weighted by Gasteiger charge is -2.34. The van der Waals surface area contributed by atoms with Crippen molar-refractivity contribution in [1.82, 2.24) is 4.90 Å². The third kappa shape index (κ3) is 7.77. The molecule has 0 radical (unpaired) electrons. The van der Waals surface area contributed by atoms with E-state index in [1.165, 1.54) is 7.11 Å². The number of hydrogen-bond acceptors (Lipinski definition) is 6. The summed E-state index contributed by atoms with van der Waals surface area (Å²) in [6.45, 7) is 5.16. The van der Waals surface area contributed by atoms with Gasteiger partial charge in [0.05, 0.1) is 20.3 Å². The highest BCUT2D eigenvalue weighted by Crippen LogP contribution is 2.34. The van der Waals surface area contributed by atoms with Crippen LogP contribution in [0, 0.1) is 11.8 Å². The lowest BCUT2D eigenvalue weighted by Crippen LogP contribution is -2.41. The minimum absolute atomic E-state index is 0.342. The van der Waals surface area contributed by atoms with Gasteiger partial charge in [0.15, 0.2) is 5.92 Å². The summed E-state index contributed by atoms with van der Waals surface area (Å²) in [7, 11) is 1.17. The zero-order chi connectivity index (χ0) is 25.4. The Hall–Kier alpha value is -2.97. The molecule has 0 aromatic heterocycles. The number of aliphatic hydroxyl groups excluding tert-OH is 1. The fourth-order valence-corrected chi connectivity index (χ4v) is 4.26. The number of hydrogen-bond donors (Lipinski definition) is 2. The number of ether oxygens (including phenoxy) is 2. The van der Waals surface area contributed by atoms with Crippen molar-refractivity contribution in [3.8, 4) is 16.9 Å². The number of alkyl halides is 1. The summed E-state index contributed by atoms with van der Waals surface area (Å²) >= 11 is 0. The van der Waals surface area contributed by atoms with Gasteiger partial charge in [-0.25, -0.2) is 4.39 Å². The number of nitrogens with zero attached hydrogens (tertiary/aromatic N) is 1. The predicted octanol–water partition coefficient (Wildman–Crippen LogP) is 3.91. The lowest BCUT2D eigenvalue weighted by atomic mass is 9.96. The highest BCUT2D eigenvalue weighted by molar-refractivity contribution is 6.05. The predicted molar refractivity (Wildman–Crippen MR) is 133 cm³/mol. The highest BCUT2D eigenvalue weighted by atomic mass is 19.1. The van der Waals surface area contributed by atoms with E-state index in [9.17, 15) is 19.1 Å². The SMILES string of the molecule is COC(=O)[C@H](CO)C(=O)Nc1ccc(-c2ccccc2)c(OCC2CCN(CC(C)(C)F)CC2)c1. The van der Waals surface area contributed by atoms with Gasteiger partial charge in [-0.1, -0.05) is 30.3 Å². The molecule has 1 aliphatic heterocycles. The number of rotatable bonds is 10. The van der Waals surface area contributed by atoms with Crippen LogP contribution in [0.1, 0.15) is 26.7 Å². The van der Waals surface area contributed by atoms with Gasteiger partial charge in [0.2, 0.25) is 5.91 Å². The van der Waals surface area contributed by atoms with E-state index in [1.54, 1.807) is 26.0 Å². The second kappa shape index (κ2) is 12.1. The Labute approximate surface area is 206 Å². The van der Waals surface area contributed by atoms with Gasteiger partial charge in [0, 0.05) is 23.9 Å². The van der Waals surface area contributed by atoms with Gasteiger partial charge in [0.25, 0.3) is 0 Å². The Morgan fingerprint density at radius 3 is 2.46 bits per heavy atom. The lowest BCUT2D eigenvalue weighted by molar-refractivity contribution is -0.150. The molecule has 1 saturated heterocycles. The molecule has 1 amide bonds. The van der Waals surface area contributed by atoms with Crippen molar-refractivity contribution in [2.75, 3.05) is 45.3 Å². The first kappa shape index (κ1) is 26.6. The zero-order valence-electron chi connectivity index (χ0n) is 20.6. The van der Waals surface area contributed by atoms with E-state index in [0.717, 1.165) is 37.1 Å². The molecule has 35 heavy (non-hydrogen) atoms. The molecule has 1 heterocycles. The highest BCUT2D eigenvalue weighted by Gasteiger charge is 2.28. The minimum atomic E-state index is -1.31. The molecule has 1 aliphatic rings. The van der Waals surface area contributed by atoms with E-state index in [4.69, 9.17) is 4.74 Å². The van der Waals surface area contributed by atoms with Gasteiger partial charge in [-0.3, -0.25) is 9.59 Å². The zero-order valence-corrected chi connectivity index (χ0v) is 20.6. The molecule has 2 N–H and O–H groups in total. The van der Waals surface area contributed by atoms with Crippen LogP contribution in [-0.2, 0) is 14.3 Å². The van der Waals surface area contributed by atoms with Crippen LogP contribution in [0.2, 0.25) is 0 Å². The first-order valence-corrected chi connectivity index (χ1v) is 11.9. The Kier molecular flexibility index (Phi) is 9.23. The third-order valence-electron chi connectivity index (χ3n) is 6.10. The van der Waals surface area contributed by atoms with Crippen LogP contribution < -0.4 is 10.1 Å². The van der Waals surface area contributed by atoms with Gasteiger partial charge in [-0.05, 0) is 63.4 Å². The summed E-state index contributed by atoms with van der Waals surface area (Å²) in [5.41, 5.74) is 1.10. The van der Waals surface area contributed by atoms with E-state index >= 15 is 0 Å². The second-order valence-corrected chi connectivity index (χ2v) is 9.57. The fraction of sp³-hybridized carbons (Fsp3) is 0.481. The summed E-state index contributed by atoms with van der Waals surface area (Å²) in [6, 6.07) is 15.1. The number of piperidine rings is 1. The quantitative estimate of drug-likeness (QED) is 0.391. The Bertz CT molecular complexity index is 985. The molecule has 7 nitrogen and oxygen atoms in total. The maximum atomic E-state index is 14.0. The molecule has 0 aliphatic carbocycles. The molecule has 3 rings (SSSR count). The average Bonchev–Trinajstić information content (AvgIpc) is 2.83. The number of amides is 1. The van der Waals surface area contributed by atoms with Crippen molar-refractivity contribution in [1.29, 1.82) is 0 Å². The summed E-state index contributed by atoms with van der Waals surface area (Å²) in [5, 5.41) is 12.1. The van der Waals surface area contributed by atoms with Crippen LogP contribution in [-0.4, -0.2) is 67.5 Å². The van der Waals surface area contributed by atoms with Gasteiger partial charge in [-0.15, -0.1) is 0 Å². The largest absolute Gasteiger partial charge is 0.493 e. The van der Waals surface area contributed by atoms with E-state index in [-0.39, 0.29) is 0 Å². The number of halogens is 1. The van der Waals surface area contributed by atoms with Gasteiger partial charge in [0.1, 0.15) is 11.4 Å². The number of anilines is 1. The molecular formula is C27H35FN2O5. The molecule has 1 fully saturated rings. The maximum absolute atomic E-state index is 14.0. The molecule has 2 aromatic carbocycles. The van der Waals surface area contributed by atoms with Crippen molar-refractivity contribution in [3.05, 3.63) is 48.5 Å². The van der Waals surface area contributed by atoms with Crippen LogP contribution >= 0.6 is 0 Å². The molecule has 8 heteroatoms. The smallest absolute Gasteiger partial charge is 0.320 e. The number of esters is 1. The topological polar surface area (TPSA) is 88.1 Å². The monoisotopic (exact) mass is 486 g/mol. The third-order valence-corrected chi connectivity index (χ3v) is 6.10. The molecule has 2 aromatic rings. The molecule has 190 valence electrons. The van der Waals surface area contributed by atoms with Crippen molar-refractivity contribution in [3.63, 3.8) is 0 Å². The standard InChI is InChI=1S/C27H35FN2O5/c1-27(2,28)18-30-13-11-19(12-14-30)17-35-24-15-21(29-25(32)23(16-31)26(33)34-3)9-10-22(24)20-7-5-4-6-8-20/h4-10,15,19,23,31H,11-14,16-18H2,1-3H3,(H,29,32)/t23-/m1/s1. The Morgan fingerprint density at radius 1 is 1.17 bits per heavy atom. The fourth-order valence-electron chi connectivity index (χ4n) is 4.26. The van der Waals surface area contributed by atoms with Crippen LogP contribution in [0.5, 0.6) is 5.75 Å². The van der Waals surface area contributed by atoms with E-state index in [0.29, 0.717) is 30.5 Å². The van der Waals surface area contributed by atoms with Crippen molar-refractivity contribution >= 4 is 17.6 Å². The Morgan fingerprint density at radius 2 is 1.86 bits per heavy atom. The van der Waals surface area contributed by atoms with Crippen LogP contribution in [0.3, 0.4) is 0 Å². The van der Waals surface area contributed by atoms with Crippen LogP contribution in [0.25, 0.3) is 11.1 Å². The number of nitrogens with one attached hydrogen (secondary N) is 1. The van der Waals surface area contributed by atoms with Crippen LogP contribution in [0.4, 0.5) is 10.1 Å². The molecule has 0 spiro atoms. The van der Waals surface area contributed by atoms with Gasteiger partial charge < -0.3 is 24.8 Å². The first-order chi connectivity index (χ1) is 16.7. The summed E-state index contributed by atoms with van der Waals surface area (Å²) in [5.74, 6) is -1.81. The number of carbonyl (C=O) groups excluding carboxylic acids is 2. The summed E-state index contributed by atoms with van der Waals surface area (Å²) < 4.78 is 24.8. The van der Waals surface area contributed by atoms with Crippen LogP contribution in [0.15, 0.2) is 48.5 Å². The molecule has 1 atom stereocenters. The molecule has 0 bridgehead atoms. The Balaban J connectivity index is 1.72. The summed E-state index contributed by atoms with van der Waals surface area (Å²) in [6.07, 6.45) is 1.84.